The van der Waals surface area contributed by atoms with Crippen LogP contribution in [0, 0.1) is 9.39 Å². The number of alkyl halides is 3. The van der Waals surface area contributed by atoms with Crippen molar-refractivity contribution in [2.75, 3.05) is 0 Å². The Kier molecular flexibility index (Phi) is 3.78. The molecule has 1 aromatic heterocycles. The molecule has 1 rings (SSSR count). The van der Waals surface area contributed by atoms with E-state index in [4.69, 9.17) is 11.6 Å². The van der Waals surface area contributed by atoms with Crippen molar-refractivity contribution < 1.29 is 13.2 Å². The molecule has 72 valence electrons. The maximum atomic E-state index is 13.2. The summed E-state index contributed by atoms with van der Waals surface area (Å²) in [6, 6.07) is 0. The van der Waals surface area contributed by atoms with Crippen LogP contribution < -0.4 is 0 Å². The fraction of sp³-hybridized carbons (Fsp3) is 0.286. The van der Waals surface area contributed by atoms with Gasteiger partial charge in [0.15, 0.2) is 0 Å². The molecule has 6 heteroatoms. The average Bonchev–Trinajstić information content (AvgIpc) is 2.09. The van der Waals surface area contributed by atoms with E-state index in [2.05, 4.69) is 4.98 Å². The van der Waals surface area contributed by atoms with Crippen LogP contribution in [0.25, 0.3) is 0 Å². The Morgan fingerprint density at radius 1 is 1.54 bits per heavy atom. The van der Waals surface area contributed by atoms with Gasteiger partial charge in [0.25, 0.3) is 6.43 Å². The van der Waals surface area contributed by atoms with Gasteiger partial charge in [-0.1, -0.05) is 0 Å². The lowest BCUT2D eigenvalue weighted by atomic mass is 10.2. The Bertz CT molecular complexity index is 319. The number of aromatic nitrogens is 1. The summed E-state index contributed by atoms with van der Waals surface area (Å²) in [7, 11) is 0. The predicted octanol–water partition coefficient (Wildman–Crippen LogP) is 3.50. The van der Waals surface area contributed by atoms with Crippen molar-refractivity contribution in [1.82, 2.24) is 4.98 Å². The molecule has 1 aromatic rings. The van der Waals surface area contributed by atoms with Gasteiger partial charge >= 0.3 is 0 Å². The molecule has 0 aromatic carbocycles. The summed E-state index contributed by atoms with van der Waals surface area (Å²) in [5.41, 5.74) is -0.401. The summed E-state index contributed by atoms with van der Waals surface area (Å²) in [4.78, 5) is 3.43. The van der Waals surface area contributed by atoms with E-state index in [0.29, 0.717) is 0 Å². The summed E-state index contributed by atoms with van der Waals surface area (Å²) < 4.78 is 37.3. The molecular weight excluding hydrogens is 317 g/mol. The molecular formula is C7H4ClF3IN. The lowest BCUT2D eigenvalue weighted by Gasteiger charge is -2.05. The van der Waals surface area contributed by atoms with Crippen molar-refractivity contribution in [2.45, 2.75) is 12.3 Å². The summed E-state index contributed by atoms with van der Waals surface area (Å²) in [6.07, 6.45) is -1.72. The molecule has 0 amide bonds. The predicted molar refractivity (Wildman–Crippen MR) is 51.4 cm³/mol. The van der Waals surface area contributed by atoms with Crippen LogP contribution in [0.4, 0.5) is 13.2 Å². The molecule has 0 aliphatic rings. The Morgan fingerprint density at radius 2 is 2.15 bits per heavy atom. The lowest BCUT2D eigenvalue weighted by Crippen LogP contribution is -2.01. The van der Waals surface area contributed by atoms with E-state index in [0.717, 1.165) is 6.20 Å². The average molecular weight is 321 g/mol. The van der Waals surface area contributed by atoms with Crippen LogP contribution in [0.3, 0.4) is 0 Å². The van der Waals surface area contributed by atoms with E-state index in [1.165, 1.54) is 22.6 Å². The second-order valence-corrected chi connectivity index (χ2v) is 3.58. The fourth-order valence-electron chi connectivity index (χ4n) is 0.760. The number of halogens is 5. The van der Waals surface area contributed by atoms with Crippen LogP contribution >= 0.6 is 34.2 Å². The lowest BCUT2D eigenvalue weighted by molar-refractivity contribution is 0.144. The minimum atomic E-state index is -2.76. The molecule has 0 spiro atoms. The fourth-order valence-corrected chi connectivity index (χ4v) is 1.67. The van der Waals surface area contributed by atoms with E-state index in [-0.39, 0.29) is 15.0 Å². The summed E-state index contributed by atoms with van der Waals surface area (Å²) >= 11 is 6.86. The first kappa shape index (κ1) is 11.0. The molecule has 0 atom stereocenters. The van der Waals surface area contributed by atoms with Crippen molar-refractivity contribution >= 4 is 34.2 Å². The molecule has 0 fully saturated rings. The van der Waals surface area contributed by atoms with Crippen molar-refractivity contribution in [2.24, 2.45) is 0 Å². The Hall–Kier alpha value is -0.0400. The molecule has 0 radical (unpaired) electrons. The van der Waals surface area contributed by atoms with Crippen LogP contribution in [0.1, 0.15) is 17.7 Å². The van der Waals surface area contributed by atoms with Crippen LogP contribution in [0.5, 0.6) is 0 Å². The minimum absolute atomic E-state index is 0.0711. The molecule has 0 saturated heterocycles. The van der Waals surface area contributed by atoms with Crippen molar-refractivity contribution in [3.8, 4) is 0 Å². The van der Waals surface area contributed by atoms with Gasteiger partial charge in [-0.05, 0) is 22.6 Å². The Morgan fingerprint density at radius 3 is 2.62 bits per heavy atom. The maximum absolute atomic E-state index is 13.2. The third kappa shape index (κ3) is 2.25. The van der Waals surface area contributed by atoms with Gasteiger partial charge in [-0.3, -0.25) is 4.98 Å². The SMILES string of the molecule is Fc1c(CCl)cnc(C(F)F)c1I. The molecule has 0 saturated carbocycles. The molecule has 0 bridgehead atoms. The molecule has 0 N–H and O–H groups in total. The van der Waals surface area contributed by atoms with Crippen LogP contribution in [-0.2, 0) is 5.88 Å². The van der Waals surface area contributed by atoms with E-state index in [9.17, 15) is 13.2 Å². The molecule has 13 heavy (non-hydrogen) atoms. The van der Waals surface area contributed by atoms with Gasteiger partial charge in [-0.15, -0.1) is 11.6 Å². The normalized spacial score (nSPS) is 10.9. The number of rotatable bonds is 2. The van der Waals surface area contributed by atoms with Crippen molar-refractivity contribution in [1.29, 1.82) is 0 Å². The number of hydrogen-bond donors (Lipinski definition) is 0. The van der Waals surface area contributed by atoms with Gasteiger partial charge in [0.05, 0.1) is 9.45 Å². The molecule has 0 aliphatic carbocycles. The zero-order valence-electron chi connectivity index (χ0n) is 6.20. The van der Waals surface area contributed by atoms with Gasteiger partial charge < -0.3 is 0 Å². The van der Waals surface area contributed by atoms with Crippen LogP contribution in [0.15, 0.2) is 6.20 Å². The van der Waals surface area contributed by atoms with Crippen molar-refractivity contribution in [3.05, 3.63) is 26.8 Å². The monoisotopic (exact) mass is 321 g/mol. The van der Waals surface area contributed by atoms with Gasteiger partial charge in [0.2, 0.25) is 0 Å². The largest absolute Gasteiger partial charge is 0.281 e. The van der Waals surface area contributed by atoms with Gasteiger partial charge in [0.1, 0.15) is 11.5 Å². The standard InChI is InChI=1S/C7H4ClF3IN/c8-1-3-2-13-6(7(10)11)5(12)4(3)9/h2,7H,1H2. The van der Waals surface area contributed by atoms with E-state index in [1.807, 2.05) is 0 Å². The summed E-state index contributed by atoms with van der Waals surface area (Å²) in [6.45, 7) is 0. The first-order valence-corrected chi connectivity index (χ1v) is 4.86. The minimum Gasteiger partial charge on any atom is -0.254 e. The van der Waals surface area contributed by atoms with E-state index < -0.39 is 17.9 Å². The van der Waals surface area contributed by atoms with Crippen LogP contribution in [0.2, 0.25) is 0 Å². The smallest absolute Gasteiger partial charge is 0.254 e. The summed E-state index contributed by atoms with van der Waals surface area (Å²) in [5.74, 6) is -0.779. The zero-order chi connectivity index (χ0) is 10.0. The second-order valence-electron chi connectivity index (χ2n) is 2.23. The number of pyridine rings is 1. The van der Waals surface area contributed by atoms with Crippen molar-refractivity contribution in [3.63, 3.8) is 0 Å². The third-order valence-corrected chi connectivity index (χ3v) is 2.72. The van der Waals surface area contributed by atoms with Gasteiger partial charge in [-0.25, -0.2) is 13.2 Å². The maximum Gasteiger partial charge on any atom is 0.281 e. The highest BCUT2D eigenvalue weighted by atomic mass is 127. The quantitative estimate of drug-likeness (QED) is 0.600. The first-order chi connectivity index (χ1) is 6.07. The highest BCUT2D eigenvalue weighted by Crippen LogP contribution is 2.26. The molecule has 0 aliphatic heterocycles. The van der Waals surface area contributed by atoms with Gasteiger partial charge in [-0.2, -0.15) is 0 Å². The number of nitrogens with zero attached hydrogens (tertiary/aromatic N) is 1. The Labute approximate surface area is 91.4 Å². The molecule has 0 unspecified atom stereocenters. The molecule has 1 nitrogen and oxygen atoms in total. The molecule has 1 heterocycles. The first-order valence-electron chi connectivity index (χ1n) is 3.24. The van der Waals surface area contributed by atoms with E-state index in [1.54, 1.807) is 0 Å². The van der Waals surface area contributed by atoms with Gasteiger partial charge in [0, 0.05) is 11.8 Å². The second kappa shape index (κ2) is 4.45. The third-order valence-electron chi connectivity index (χ3n) is 1.41. The Balaban J connectivity index is 3.23. The zero-order valence-corrected chi connectivity index (χ0v) is 9.11. The van der Waals surface area contributed by atoms with E-state index >= 15 is 0 Å². The topological polar surface area (TPSA) is 12.9 Å². The summed E-state index contributed by atoms with van der Waals surface area (Å²) in [5, 5.41) is 0. The van der Waals surface area contributed by atoms with Crippen LogP contribution in [-0.4, -0.2) is 4.98 Å². The highest BCUT2D eigenvalue weighted by molar-refractivity contribution is 14.1. The highest BCUT2D eigenvalue weighted by Gasteiger charge is 2.18. The number of hydrogen-bond acceptors (Lipinski definition) is 1.